The molecule has 0 bridgehead atoms. The molecule has 2 N–H and O–H groups in total. The lowest BCUT2D eigenvalue weighted by Gasteiger charge is -2.40. The van der Waals surface area contributed by atoms with Crippen LogP contribution < -0.4 is 10.6 Å². The predicted molar refractivity (Wildman–Crippen MR) is 130 cm³/mol. The molecule has 1 aromatic rings. The van der Waals surface area contributed by atoms with E-state index in [-0.39, 0.29) is 47.4 Å². The number of hydrogen-bond donors (Lipinski definition) is 2. The topological polar surface area (TPSA) is 48.9 Å². The Morgan fingerprint density at radius 2 is 2.03 bits per heavy atom. The summed E-state index contributed by atoms with van der Waals surface area (Å²) in [6.07, 6.45) is 2.51. The third-order valence-electron chi connectivity index (χ3n) is 5.37. The van der Waals surface area contributed by atoms with Crippen molar-refractivity contribution < 1.29 is 9.13 Å². The summed E-state index contributed by atoms with van der Waals surface area (Å²) in [5, 5.41) is 6.86. The summed E-state index contributed by atoms with van der Waals surface area (Å²) in [5.74, 6) is 1.01. The molecular formula is C22H38FIN4O. The Balaban J connectivity index is 0.00000420. The third-order valence-corrected chi connectivity index (χ3v) is 5.37. The molecule has 0 spiro atoms. The summed E-state index contributed by atoms with van der Waals surface area (Å²) in [7, 11) is 5.78. The number of rotatable bonds is 6. The number of ether oxygens (including phenoxy) is 1. The number of likely N-dealkylation sites (N-methyl/N-ethyl adjacent to an activating group) is 1. The summed E-state index contributed by atoms with van der Waals surface area (Å²) in [6.45, 7) is 9.04. The van der Waals surface area contributed by atoms with Crippen molar-refractivity contribution in [2.75, 3.05) is 40.8 Å². The Bertz CT molecular complexity index is 648. The summed E-state index contributed by atoms with van der Waals surface area (Å²) in [5.41, 5.74) is 1.07. The number of nitrogens with zero attached hydrogens (tertiary/aromatic N) is 2. The number of guanidine groups is 1. The van der Waals surface area contributed by atoms with E-state index in [4.69, 9.17) is 4.74 Å². The smallest absolute Gasteiger partial charge is 0.191 e. The molecule has 1 aromatic carbocycles. The van der Waals surface area contributed by atoms with E-state index in [0.29, 0.717) is 12.5 Å². The Labute approximate surface area is 192 Å². The molecule has 3 atom stereocenters. The van der Waals surface area contributed by atoms with Gasteiger partial charge in [0.25, 0.3) is 0 Å². The summed E-state index contributed by atoms with van der Waals surface area (Å²) >= 11 is 0. The molecule has 2 rings (SSSR count). The van der Waals surface area contributed by atoms with Crippen LogP contribution in [0.3, 0.4) is 0 Å². The summed E-state index contributed by atoms with van der Waals surface area (Å²) < 4.78 is 19.7. The highest BCUT2D eigenvalue weighted by atomic mass is 127. The van der Waals surface area contributed by atoms with Gasteiger partial charge in [-0.1, -0.05) is 32.9 Å². The number of hydrogen-bond acceptors (Lipinski definition) is 3. The zero-order valence-corrected chi connectivity index (χ0v) is 21.0. The molecule has 29 heavy (non-hydrogen) atoms. The van der Waals surface area contributed by atoms with Crippen LogP contribution in [-0.2, 0) is 4.74 Å². The minimum absolute atomic E-state index is 0. The minimum Gasteiger partial charge on any atom is -0.377 e. The van der Waals surface area contributed by atoms with Crippen LogP contribution in [0.15, 0.2) is 29.3 Å². The van der Waals surface area contributed by atoms with Gasteiger partial charge < -0.3 is 20.3 Å². The van der Waals surface area contributed by atoms with E-state index in [9.17, 15) is 4.39 Å². The Kier molecular flexibility index (Phi) is 10.8. The van der Waals surface area contributed by atoms with Crippen LogP contribution in [0, 0.1) is 17.2 Å². The van der Waals surface area contributed by atoms with Gasteiger partial charge in [0.15, 0.2) is 5.96 Å². The lowest BCUT2D eigenvalue weighted by Crippen LogP contribution is -2.48. The second kappa shape index (κ2) is 12.1. The van der Waals surface area contributed by atoms with Gasteiger partial charge in [-0.3, -0.25) is 4.99 Å². The van der Waals surface area contributed by atoms with Crippen LogP contribution in [0.4, 0.5) is 4.39 Å². The van der Waals surface area contributed by atoms with E-state index in [1.165, 1.54) is 6.07 Å². The molecule has 1 saturated heterocycles. The van der Waals surface area contributed by atoms with Crippen molar-refractivity contribution in [2.45, 2.75) is 45.8 Å². The highest BCUT2D eigenvalue weighted by molar-refractivity contribution is 14.0. The van der Waals surface area contributed by atoms with Crippen molar-refractivity contribution in [3.05, 3.63) is 35.6 Å². The maximum Gasteiger partial charge on any atom is 0.191 e. The maximum atomic E-state index is 13.6. The van der Waals surface area contributed by atoms with Crippen molar-refractivity contribution in [3.63, 3.8) is 0 Å². The second-order valence-corrected chi connectivity index (χ2v) is 8.93. The summed E-state index contributed by atoms with van der Waals surface area (Å²) in [6, 6.07) is 6.83. The van der Waals surface area contributed by atoms with Crippen molar-refractivity contribution in [1.82, 2.24) is 15.5 Å². The van der Waals surface area contributed by atoms with E-state index in [0.717, 1.165) is 37.5 Å². The van der Waals surface area contributed by atoms with Gasteiger partial charge in [0, 0.05) is 32.7 Å². The maximum absolute atomic E-state index is 13.6. The van der Waals surface area contributed by atoms with E-state index in [1.54, 1.807) is 19.2 Å². The lowest BCUT2D eigenvalue weighted by atomic mass is 9.78. The van der Waals surface area contributed by atoms with Crippen molar-refractivity contribution in [3.8, 4) is 0 Å². The molecule has 1 aliphatic rings. The molecule has 1 fully saturated rings. The normalized spacial score (nSPS) is 21.4. The fourth-order valence-corrected chi connectivity index (χ4v) is 3.96. The zero-order chi connectivity index (χ0) is 20.7. The molecule has 166 valence electrons. The van der Waals surface area contributed by atoms with Crippen LogP contribution in [0.5, 0.6) is 0 Å². The lowest BCUT2D eigenvalue weighted by molar-refractivity contribution is -0.0835. The van der Waals surface area contributed by atoms with Gasteiger partial charge in [-0.2, -0.15) is 0 Å². The van der Waals surface area contributed by atoms with E-state index in [2.05, 4.69) is 41.3 Å². The molecule has 0 amide bonds. The van der Waals surface area contributed by atoms with Gasteiger partial charge in [0.1, 0.15) is 5.82 Å². The molecule has 0 aliphatic carbocycles. The van der Waals surface area contributed by atoms with Crippen LogP contribution >= 0.6 is 24.0 Å². The number of nitrogens with one attached hydrogen (secondary N) is 2. The van der Waals surface area contributed by atoms with Crippen LogP contribution in [0.2, 0.25) is 0 Å². The SMILES string of the molecule is CN=C(NCC1CCCOC1C(C)(C)C)NCC(c1cccc(F)c1)N(C)C.I. The first-order chi connectivity index (χ1) is 13.2. The highest BCUT2D eigenvalue weighted by Gasteiger charge is 2.35. The van der Waals surface area contributed by atoms with Crippen LogP contribution in [0.1, 0.15) is 45.2 Å². The minimum atomic E-state index is -0.211. The number of halogens is 2. The van der Waals surface area contributed by atoms with Crippen LogP contribution in [-0.4, -0.2) is 57.8 Å². The van der Waals surface area contributed by atoms with Crippen LogP contribution in [0.25, 0.3) is 0 Å². The molecule has 0 aromatic heterocycles. The van der Waals surface area contributed by atoms with Crippen molar-refractivity contribution in [2.24, 2.45) is 16.3 Å². The van der Waals surface area contributed by atoms with E-state index in [1.807, 2.05) is 20.2 Å². The quantitative estimate of drug-likeness (QED) is 0.338. The Morgan fingerprint density at radius 1 is 1.31 bits per heavy atom. The van der Waals surface area contributed by atoms with Gasteiger partial charge in [0.2, 0.25) is 0 Å². The number of aliphatic imine (C=N–C) groups is 1. The van der Waals surface area contributed by atoms with E-state index >= 15 is 0 Å². The zero-order valence-electron chi connectivity index (χ0n) is 18.7. The molecule has 3 unspecified atom stereocenters. The molecule has 1 aliphatic heterocycles. The Morgan fingerprint density at radius 3 is 2.62 bits per heavy atom. The Hall–Kier alpha value is -0.930. The molecule has 5 nitrogen and oxygen atoms in total. The predicted octanol–water partition coefficient (Wildman–Crippen LogP) is 4.05. The third kappa shape index (κ3) is 8.02. The molecule has 0 saturated carbocycles. The van der Waals surface area contributed by atoms with Crippen molar-refractivity contribution in [1.29, 1.82) is 0 Å². The average Bonchev–Trinajstić information content (AvgIpc) is 2.63. The van der Waals surface area contributed by atoms with Gasteiger partial charge in [-0.25, -0.2) is 4.39 Å². The fraction of sp³-hybridized carbons (Fsp3) is 0.682. The van der Waals surface area contributed by atoms with Gasteiger partial charge in [0.05, 0.1) is 12.1 Å². The standard InChI is InChI=1S/C22H37FN4O.HI/c1-22(2,3)20-17(10-8-12-28-20)14-25-21(24-4)26-15-19(27(5)6)16-9-7-11-18(23)13-16;/h7,9,11,13,17,19-20H,8,10,12,14-15H2,1-6H3,(H2,24,25,26);1H. The van der Waals surface area contributed by atoms with Gasteiger partial charge >= 0.3 is 0 Å². The van der Waals surface area contributed by atoms with Gasteiger partial charge in [-0.05, 0) is 50.0 Å². The second-order valence-electron chi connectivity index (χ2n) is 8.93. The number of benzene rings is 1. The summed E-state index contributed by atoms with van der Waals surface area (Å²) in [4.78, 5) is 6.45. The molecular weight excluding hydrogens is 482 g/mol. The fourth-order valence-electron chi connectivity index (χ4n) is 3.96. The largest absolute Gasteiger partial charge is 0.377 e. The first-order valence-electron chi connectivity index (χ1n) is 10.2. The first-order valence-corrected chi connectivity index (χ1v) is 10.2. The molecule has 7 heteroatoms. The van der Waals surface area contributed by atoms with Gasteiger partial charge in [-0.15, -0.1) is 24.0 Å². The highest BCUT2D eigenvalue weighted by Crippen LogP contribution is 2.33. The van der Waals surface area contributed by atoms with E-state index < -0.39 is 0 Å². The molecule has 0 radical (unpaired) electrons. The average molecular weight is 520 g/mol. The molecule has 1 heterocycles. The first kappa shape index (κ1) is 26.1. The van der Waals surface area contributed by atoms with Crippen molar-refractivity contribution >= 4 is 29.9 Å². The monoisotopic (exact) mass is 520 g/mol.